The molecule has 0 aromatic heterocycles. The maximum Gasteiger partial charge on any atom is 0.292 e. The van der Waals surface area contributed by atoms with Crippen LogP contribution in [0.4, 0.5) is 11.4 Å². The number of nitro benzene ring substituents is 1. The van der Waals surface area contributed by atoms with E-state index in [0.29, 0.717) is 6.54 Å². The van der Waals surface area contributed by atoms with Crippen molar-refractivity contribution in [1.82, 2.24) is 9.80 Å². The number of para-hydroxylation sites is 2. The van der Waals surface area contributed by atoms with E-state index in [0.717, 1.165) is 55.9 Å². The van der Waals surface area contributed by atoms with Gasteiger partial charge in [-0.05, 0) is 61.8 Å². The maximum absolute atomic E-state index is 12.5. The lowest BCUT2D eigenvalue weighted by Gasteiger charge is -2.58. The number of piperazine rings is 1. The third-order valence-electron chi connectivity index (χ3n) is 7.75. The Hall–Kier alpha value is -1.99. The van der Waals surface area contributed by atoms with Gasteiger partial charge >= 0.3 is 0 Å². The lowest BCUT2D eigenvalue weighted by molar-refractivity contribution is -0.383. The van der Waals surface area contributed by atoms with E-state index < -0.39 is 4.92 Å². The summed E-state index contributed by atoms with van der Waals surface area (Å²) in [5.74, 6) is 3.63. The molecule has 1 N–H and O–H groups in total. The molecule has 7 nitrogen and oxygen atoms in total. The van der Waals surface area contributed by atoms with E-state index in [9.17, 15) is 14.9 Å². The molecule has 4 bridgehead atoms. The summed E-state index contributed by atoms with van der Waals surface area (Å²) < 4.78 is 0. The average molecular weight is 399 g/mol. The van der Waals surface area contributed by atoms with Crippen molar-refractivity contribution in [2.75, 3.05) is 38.0 Å². The highest BCUT2D eigenvalue weighted by atomic mass is 16.6. The summed E-state index contributed by atoms with van der Waals surface area (Å²) >= 11 is 0. The fourth-order valence-electron chi connectivity index (χ4n) is 6.84. The minimum absolute atomic E-state index is 0.0624. The number of anilines is 1. The molecule has 0 spiro atoms. The molecule has 1 aromatic rings. The van der Waals surface area contributed by atoms with Crippen LogP contribution in [0.2, 0.25) is 0 Å². The van der Waals surface area contributed by atoms with E-state index in [1.807, 2.05) is 0 Å². The molecule has 1 saturated heterocycles. The van der Waals surface area contributed by atoms with Crippen molar-refractivity contribution in [2.24, 2.45) is 23.7 Å². The van der Waals surface area contributed by atoms with Gasteiger partial charge in [-0.1, -0.05) is 12.1 Å². The Morgan fingerprint density at radius 3 is 2.24 bits per heavy atom. The van der Waals surface area contributed by atoms with Crippen LogP contribution in [-0.4, -0.2) is 59.4 Å². The van der Waals surface area contributed by atoms with Gasteiger partial charge in [0.25, 0.3) is 5.69 Å². The molecule has 4 saturated carbocycles. The Morgan fingerprint density at radius 2 is 1.62 bits per heavy atom. The molecule has 0 unspecified atom stereocenters. The van der Waals surface area contributed by atoms with Gasteiger partial charge in [0.2, 0.25) is 5.91 Å². The number of nitrogens with one attached hydrogen (secondary N) is 1. The van der Waals surface area contributed by atoms with Crippen molar-refractivity contribution >= 4 is 17.3 Å². The summed E-state index contributed by atoms with van der Waals surface area (Å²) in [6.07, 6.45) is 7.25. The fraction of sp³-hybridized carbons (Fsp3) is 0.682. The van der Waals surface area contributed by atoms with Crippen LogP contribution in [0.25, 0.3) is 0 Å². The van der Waals surface area contributed by atoms with Crippen molar-refractivity contribution in [3.05, 3.63) is 34.4 Å². The zero-order valence-corrected chi connectivity index (χ0v) is 16.8. The molecule has 4 aliphatic carbocycles. The van der Waals surface area contributed by atoms with Crippen LogP contribution in [0.1, 0.15) is 32.1 Å². The van der Waals surface area contributed by atoms with Crippen LogP contribution in [0.15, 0.2) is 24.3 Å². The summed E-state index contributed by atoms with van der Waals surface area (Å²) in [6, 6.07) is 7.08. The normalized spacial score (nSPS) is 34.3. The first kappa shape index (κ1) is 19.0. The fourth-order valence-corrected chi connectivity index (χ4v) is 6.84. The molecular formula is C22H30N4O3. The van der Waals surface area contributed by atoms with Crippen LogP contribution in [0, 0.1) is 33.8 Å². The van der Waals surface area contributed by atoms with Crippen LogP contribution in [0.3, 0.4) is 0 Å². The van der Waals surface area contributed by atoms with Crippen molar-refractivity contribution in [3.63, 3.8) is 0 Å². The first-order valence-corrected chi connectivity index (χ1v) is 11.1. The van der Waals surface area contributed by atoms with E-state index in [4.69, 9.17) is 0 Å². The van der Waals surface area contributed by atoms with Crippen molar-refractivity contribution < 1.29 is 9.72 Å². The Bertz CT molecular complexity index is 762. The summed E-state index contributed by atoms with van der Waals surface area (Å²) in [6.45, 7) is 4.15. The monoisotopic (exact) mass is 398 g/mol. The smallest absolute Gasteiger partial charge is 0.292 e. The number of benzene rings is 1. The van der Waals surface area contributed by atoms with Gasteiger partial charge in [0.1, 0.15) is 5.69 Å². The molecule has 5 fully saturated rings. The first-order valence-electron chi connectivity index (χ1n) is 11.1. The highest BCUT2D eigenvalue weighted by Gasteiger charge is 2.50. The van der Waals surface area contributed by atoms with Gasteiger partial charge in [0.15, 0.2) is 0 Å². The standard InChI is InChI=1S/C22H30N4O3/c27-21(23-19-3-1-2-4-20(19)26(28)29)14-24-5-7-25(8-6-24)22-17-10-15-9-16(12-17)13-18(22)11-15/h1-4,15-18,22H,5-14H2,(H,23,27). The van der Waals surface area contributed by atoms with E-state index >= 15 is 0 Å². The van der Waals surface area contributed by atoms with Gasteiger partial charge in [-0.2, -0.15) is 0 Å². The van der Waals surface area contributed by atoms with E-state index in [1.165, 1.54) is 38.2 Å². The van der Waals surface area contributed by atoms with Gasteiger partial charge in [0, 0.05) is 38.3 Å². The SMILES string of the molecule is O=C(CN1CCN(C2C3CC4CC(C3)CC2C4)CC1)Nc1ccccc1[N+](=O)[O-]. The Labute approximate surface area is 171 Å². The summed E-state index contributed by atoms with van der Waals surface area (Å²) in [4.78, 5) is 28.0. The highest BCUT2D eigenvalue weighted by molar-refractivity contribution is 5.94. The molecule has 6 rings (SSSR count). The zero-order valence-electron chi connectivity index (χ0n) is 16.8. The van der Waals surface area contributed by atoms with Gasteiger partial charge in [-0.15, -0.1) is 0 Å². The number of nitrogens with zero attached hydrogens (tertiary/aromatic N) is 3. The molecule has 7 heteroatoms. The summed E-state index contributed by atoms with van der Waals surface area (Å²) in [7, 11) is 0. The number of carbonyl (C=O) groups excluding carboxylic acids is 1. The zero-order chi connectivity index (χ0) is 20.0. The second kappa shape index (κ2) is 7.69. The van der Waals surface area contributed by atoms with Crippen molar-refractivity contribution in [3.8, 4) is 0 Å². The molecule has 5 aliphatic rings. The summed E-state index contributed by atoms with van der Waals surface area (Å²) in [5.41, 5.74) is 0.210. The lowest BCUT2D eigenvalue weighted by Crippen LogP contribution is -2.60. The number of hydrogen-bond acceptors (Lipinski definition) is 5. The first-order chi connectivity index (χ1) is 14.1. The van der Waals surface area contributed by atoms with Crippen LogP contribution in [-0.2, 0) is 4.79 Å². The predicted octanol–water partition coefficient (Wildman–Crippen LogP) is 2.98. The van der Waals surface area contributed by atoms with Gasteiger partial charge in [-0.3, -0.25) is 24.7 Å². The van der Waals surface area contributed by atoms with Crippen LogP contribution >= 0.6 is 0 Å². The molecule has 1 aromatic carbocycles. The average Bonchev–Trinajstić information content (AvgIpc) is 2.68. The number of amides is 1. The molecule has 1 heterocycles. The Morgan fingerprint density at radius 1 is 1.00 bits per heavy atom. The Kier molecular flexibility index (Phi) is 5.04. The minimum Gasteiger partial charge on any atom is -0.319 e. The molecule has 156 valence electrons. The van der Waals surface area contributed by atoms with Gasteiger partial charge < -0.3 is 5.32 Å². The number of carbonyl (C=O) groups is 1. The topological polar surface area (TPSA) is 78.7 Å². The minimum atomic E-state index is -0.459. The van der Waals surface area contributed by atoms with Crippen LogP contribution < -0.4 is 5.32 Å². The third kappa shape index (κ3) is 3.78. The molecular weight excluding hydrogens is 368 g/mol. The molecule has 1 aliphatic heterocycles. The van der Waals surface area contributed by atoms with Crippen molar-refractivity contribution in [2.45, 2.75) is 38.1 Å². The quantitative estimate of drug-likeness (QED) is 0.609. The van der Waals surface area contributed by atoms with Gasteiger partial charge in [-0.25, -0.2) is 0 Å². The second-order valence-electron chi connectivity index (χ2n) is 9.56. The van der Waals surface area contributed by atoms with E-state index in [-0.39, 0.29) is 17.3 Å². The van der Waals surface area contributed by atoms with Gasteiger partial charge in [0.05, 0.1) is 11.5 Å². The third-order valence-corrected chi connectivity index (χ3v) is 7.75. The highest BCUT2D eigenvalue weighted by Crippen LogP contribution is 2.55. The summed E-state index contributed by atoms with van der Waals surface area (Å²) in [5, 5.41) is 13.8. The molecule has 29 heavy (non-hydrogen) atoms. The molecule has 0 atom stereocenters. The van der Waals surface area contributed by atoms with Crippen molar-refractivity contribution in [1.29, 1.82) is 0 Å². The van der Waals surface area contributed by atoms with E-state index in [1.54, 1.807) is 18.2 Å². The van der Waals surface area contributed by atoms with Crippen LogP contribution in [0.5, 0.6) is 0 Å². The Balaban J connectivity index is 1.14. The number of rotatable bonds is 5. The largest absolute Gasteiger partial charge is 0.319 e. The maximum atomic E-state index is 12.5. The molecule has 0 radical (unpaired) electrons. The van der Waals surface area contributed by atoms with E-state index in [2.05, 4.69) is 15.1 Å². The predicted molar refractivity (Wildman–Crippen MR) is 111 cm³/mol. The lowest BCUT2D eigenvalue weighted by atomic mass is 9.54. The number of nitro groups is 1. The molecule has 1 amide bonds. The number of hydrogen-bond donors (Lipinski definition) is 1. The second-order valence-corrected chi connectivity index (χ2v) is 9.56.